The number of phosphoric ester groups is 1. The van der Waals surface area contributed by atoms with Crippen molar-refractivity contribution in [3.8, 4) is 0 Å². The number of rotatable bonds is 56. The number of carbonyl (C=O) groups excluding carboxylic acids is 3. The Morgan fingerprint density at radius 2 is 0.711 bits per heavy atom. The molecule has 0 heterocycles. The normalized spacial score (nSPS) is 13.9. The lowest BCUT2D eigenvalue weighted by atomic mass is 10.1. The molecule has 0 aliphatic heterocycles. The number of ether oxygens (including phenoxy) is 3. The van der Waals surface area contributed by atoms with E-state index in [1.807, 2.05) is 12.2 Å². The highest BCUT2D eigenvalue weighted by molar-refractivity contribution is 7.47. The van der Waals surface area contributed by atoms with Gasteiger partial charge in [0.25, 0.3) is 0 Å². The van der Waals surface area contributed by atoms with Gasteiger partial charge in [0.05, 0.1) is 19.8 Å². The van der Waals surface area contributed by atoms with Crippen LogP contribution in [0.1, 0.15) is 265 Å². The molecule has 0 spiro atoms. The smallest absolute Gasteiger partial charge is 0.462 e. The topological polar surface area (TPSA) is 155 Å². The summed E-state index contributed by atoms with van der Waals surface area (Å²) in [5, 5.41) is 9.80. The lowest BCUT2D eigenvalue weighted by molar-refractivity contribution is -0.161. The van der Waals surface area contributed by atoms with Crippen LogP contribution in [0.2, 0.25) is 0 Å². The molecule has 0 aromatic carbocycles. The number of phosphoric acid groups is 1. The summed E-state index contributed by atoms with van der Waals surface area (Å²) in [6.07, 6.45) is 67.0. The van der Waals surface area contributed by atoms with Gasteiger partial charge in [-0.25, -0.2) is 4.57 Å². The van der Waals surface area contributed by atoms with Crippen molar-refractivity contribution in [2.75, 3.05) is 26.4 Å². The van der Waals surface area contributed by atoms with Gasteiger partial charge >= 0.3 is 25.7 Å². The summed E-state index contributed by atoms with van der Waals surface area (Å²) in [7, 11) is -4.77. The summed E-state index contributed by atoms with van der Waals surface area (Å²) >= 11 is 0. The molecule has 11 nitrogen and oxygen atoms in total. The van der Waals surface area contributed by atoms with E-state index in [1.54, 1.807) is 0 Å². The second-order valence-corrected chi connectivity index (χ2v) is 21.6. The van der Waals surface area contributed by atoms with Gasteiger partial charge in [-0.15, -0.1) is 0 Å². The molecule has 0 amide bonds. The van der Waals surface area contributed by atoms with Crippen molar-refractivity contribution in [3.63, 3.8) is 0 Å². The van der Waals surface area contributed by atoms with E-state index in [-0.39, 0.29) is 25.9 Å². The number of aliphatic hydroxyl groups is 1. The number of carbonyl (C=O) groups is 3. The van der Waals surface area contributed by atoms with Crippen LogP contribution in [-0.4, -0.2) is 66.5 Å². The molecule has 438 valence electrons. The first kappa shape index (κ1) is 72.7. The first-order chi connectivity index (χ1) is 37.2. The molecule has 0 aromatic rings. The maximum absolute atomic E-state index is 12.9. The molecule has 3 atom stereocenters. The predicted octanol–water partition coefficient (Wildman–Crippen LogP) is 18.3. The van der Waals surface area contributed by atoms with Crippen molar-refractivity contribution in [2.45, 2.75) is 277 Å². The highest BCUT2D eigenvalue weighted by Crippen LogP contribution is 2.43. The lowest BCUT2D eigenvalue weighted by Crippen LogP contribution is -2.30. The Labute approximate surface area is 464 Å². The average molecular weight is 1090 g/mol. The Kier molecular flexibility index (Phi) is 55.3. The molecule has 0 aliphatic rings. The SMILES string of the molecule is CC/C=C\C/C=C\C/C=C\C/C=C\CCC(=O)OC(CO)COP(=O)(O)OCC(COC(=O)CCCCCCCCCCC/C=C\C/C=C\CCCCC)OC(=O)CCCCCCCCC/C=C\CCCCCCCC. The van der Waals surface area contributed by atoms with Crippen molar-refractivity contribution in [2.24, 2.45) is 0 Å². The summed E-state index contributed by atoms with van der Waals surface area (Å²) in [4.78, 5) is 48.6. The van der Waals surface area contributed by atoms with Gasteiger partial charge in [-0.1, -0.05) is 228 Å². The Morgan fingerprint density at radius 3 is 1.17 bits per heavy atom. The predicted molar refractivity (Wildman–Crippen MR) is 316 cm³/mol. The Balaban J connectivity index is 4.77. The van der Waals surface area contributed by atoms with Crippen LogP contribution in [0.3, 0.4) is 0 Å². The third-order valence-corrected chi connectivity index (χ3v) is 13.7. The number of esters is 3. The summed E-state index contributed by atoms with van der Waals surface area (Å²) in [5.74, 6) is -1.56. The van der Waals surface area contributed by atoms with Gasteiger partial charge in [0.2, 0.25) is 0 Å². The van der Waals surface area contributed by atoms with Crippen LogP contribution < -0.4 is 0 Å². The van der Waals surface area contributed by atoms with E-state index in [4.69, 9.17) is 23.3 Å². The molecule has 12 heteroatoms. The second-order valence-electron chi connectivity index (χ2n) is 20.1. The van der Waals surface area contributed by atoms with E-state index < -0.39 is 57.8 Å². The molecule has 2 N–H and O–H groups in total. The summed E-state index contributed by atoms with van der Waals surface area (Å²) in [6, 6.07) is 0. The maximum Gasteiger partial charge on any atom is 0.472 e. The summed E-state index contributed by atoms with van der Waals surface area (Å²) in [5.41, 5.74) is 0. The zero-order chi connectivity index (χ0) is 55.5. The molecule has 3 unspecified atom stereocenters. The van der Waals surface area contributed by atoms with Crippen molar-refractivity contribution in [1.29, 1.82) is 0 Å². The quantitative estimate of drug-likeness (QED) is 0.0197. The van der Waals surface area contributed by atoms with Crippen LogP contribution in [0.25, 0.3) is 0 Å². The minimum absolute atomic E-state index is 0.0536. The molecule has 0 saturated carbocycles. The zero-order valence-electron chi connectivity index (χ0n) is 48.5. The molecule has 0 rings (SSSR count). The minimum Gasteiger partial charge on any atom is -0.462 e. The van der Waals surface area contributed by atoms with E-state index in [0.29, 0.717) is 19.3 Å². The van der Waals surface area contributed by atoms with Crippen LogP contribution in [0.4, 0.5) is 0 Å². The average Bonchev–Trinajstić information content (AvgIpc) is 3.41. The number of unbranched alkanes of at least 4 members (excludes halogenated alkanes) is 25. The van der Waals surface area contributed by atoms with Crippen LogP contribution in [0, 0.1) is 0 Å². The van der Waals surface area contributed by atoms with E-state index in [1.165, 1.54) is 116 Å². The maximum atomic E-state index is 12.9. The molecule has 0 radical (unpaired) electrons. The summed E-state index contributed by atoms with van der Waals surface area (Å²) < 4.78 is 39.5. The first-order valence-electron chi connectivity index (χ1n) is 30.5. The molecule has 0 fully saturated rings. The molecule has 0 aromatic heterocycles. The van der Waals surface area contributed by atoms with Crippen molar-refractivity contribution in [1.82, 2.24) is 0 Å². The number of hydrogen-bond donors (Lipinski definition) is 2. The number of aliphatic hydroxyl groups excluding tert-OH is 1. The monoisotopic (exact) mass is 1090 g/mol. The fourth-order valence-electron chi connectivity index (χ4n) is 8.16. The third-order valence-electron chi connectivity index (χ3n) is 12.8. The molecule has 76 heavy (non-hydrogen) atoms. The van der Waals surface area contributed by atoms with Gasteiger partial charge in [-0.2, -0.15) is 0 Å². The Bertz CT molecular complexity index is 1600. The van der Waals surface area contributed by atoms with Gasteiger partial charge in [-0.05, 0) is 103 Å². The van der Waals surface area contributed by atoms with Crippen molar-refractivity contribution >= 4 is 25.7 Å². The van der Waals surface area contributed by atoms with Crippen LogP contribution >= 0.6 is 7.82 Å². The van der Waals surface area contributed by atoms with Crippen LogP contribution in [-0.2, 0) is 42.2 Å². The Morgan fingerprint density at radius 1 is 0.382 bits per heavy atom. The van der Waals surface area contributed by atoms with Crippen molar-refractivity contribution in [3.05, 3.63) is 85.1 Å². The second kappa shape index (κ2) is 57.8. The van der Waals surface area contributed by atoms with E-state index in [2.05, 4.69) is 93.7 Å². The molecular weight excluding hydrogens is 976 g/mol. The third kappa shape index (κ3) is 55.4. The van der Waals surface area contributed by atoms with Gasteiger partial charge in [0.15, 0.2) is 6.10 Å². The van der Waals surface area contributed by atoms with Crippen LogP contribution in [0.15, 0.2) is 85.1 Å². The van der Waals surface area contributed by atoms with E-state index in [0.717, 1.165) is 89.9 Å². The fraction of sp³-hybridized carbons (Fsp3) is 0.734. The fourth-order valence-corrected chi connectivity index (χ4v) is 8.94. The molecule has 0 aliphatic carbocycles. The van der Waals surface area contributed by atoms with E-state index in [9.17, 15) is 28.9 Å². The summed E-state index contributed by atoms with van der Waals surface area (Å²) in [6.45, 7) is 4.43. The van der Waals surface area contributed by atoms with Gasteiger partial charge in [-0.3, -0.25) is 23.4 Å². The molecule has 0 bridgehead atoms. The van der Waals surface area contributed by atoms with Gasteiger partial charge in [0.1, 0.15) is 12.7 Å². The number of allylic oxidation sites excluding steroid dienone is 14. The van der Waals surface area contributed by atoms with Crippen LogP contribution in [0.5, 0.6) is 0 Å². The molecular formula is C64H111O11P. The van der Waals surface area contributed by atoms with Gasteiger partial charge in [0, 0.05) is 19.3 Å². The number of hydrogen-bond acceptors (Lipinski definition) is 10. The highest BCUT2D eigenvalue weighted by Gasteiger charge is 2.28. The van der Waals surface area contributed by atoms with Gasteiger partial charge < -0.3 is 24.2 Å². The molecule has 0 saturated heterocycles. The highest BCUT2D eigenvalue weighted by atomic mass is 31.2. The lowest BCUT2D eigenvalue weighted by Gasteiger charge is -2.21. The van der Waals surface area contributed by atoms with Crippen molar-refractivity contribution < 1.29 is 52.2 Å². The van der Waals surface area contributed by atoms with E-state index >= 15 is 0 Å². The standard InChI is InChI=1S/C64H111O11P/c1-4-7-10-13-16-19-22-25-27-29-30-32-33-36-38-41-44-47-50-53-62(66)71-57-61(75-64(68)55-52-49-46-43-40-37-34-31-28-26-23-20-17-14-11-8-5-2)59-73-76(69,70)72-58-60(56-65)74-63(67)54-51-48-45-42-39-35-24-21-18-15-12-9-6-3/h9,12,16,18-19,21,25-28,35,39,45,48,60-61,65H,4-8,10-11,13-15,17,20,22-24,29-34,36-38,40-44,46-47,49-59H2,1-3H3,(H,69,70)/b12-9-,19-16-,21-18-,27-25-,28-26-,39-35-,48-45-. The Hall–Kier alpha value is -3.34. The first-order valence-corrected chi connectivity index (χ1v) is 32.0. The minimum atomic E-state index is -4.77. The zero-order valence-corrected chi connectivity index (χ0v) is 49.3. The largest absolute Gasteiger partial charge is 0.472 e.